The quantitative estimate of drug-likeness (QED) is 0.684. The van der Waals surface area contributed by atoms with Gasteiger partial charge >= 0.3 is 5.97 Å². The summed E-state index contributed by atoms with van der Waals surface area (Å²) in [7, 11) is 1.66. The van der Waals surface area contributed by atoms with Crippen LogP contribution in [-0.2, 0) is 9.53 Å². The van der Waals surface area contributed by atoms with Crippen molar-refractivity contribution in [1.82, 2.24) is 0 Å². The van der Waals surface area contributed by atoms with Crippen molar-refractivity contribution in [2.75, 3.05) is 13.7 Å². The monoisotopic (exact) mass is 243 g/mol. The second-order valence-corrected chi connectivity index (χ2v) is 5.90. The van der Waals surface area contributed by atoms with Gasteiger partial charge in [-0.25, -0.2) is 0 Å². The van der Waals surface area contributed by atoms with E-state index in [2.05, 4.69) is 0 Å². The molecule has 1 saturated carbocycles. The summed E-state index contributed by atoms with van der Waals surface area (Å²) in [5, 5.41) is 9.45. The fraction of sp³-hybridized carbons (Fsp3) is 0.923. The molecule has 4 heteroatoms. The van der Waals surface area contributed by atoms with Crippen molar-refractivity contribution in [2.24, 2.45) is 17.1 Å². The molecule has 0 amide bonds. The van der Waals surface area contributed by atoms with E-state index in [9.17, 15) is 9.90 Å². The van der Waals surface area contributed by atoms with Gasteiger partial charge in [0, 0.05) is 13.7 Å². The molecule has 100 valence electrons. The zero-order valence-electron chi connectivity index (χ0n) is 11.2. The van der Waals surface area contributed by atoms with E-state index in [0.29, 0.717) is 12.3 Å². The maximum absolute atomic E-state index is 11.5. The average molecular weight is 243 g/mol. The van der Waals surface area contributed by atoms with Gasteiger partial charge in [0.25, 0.3) is 0 Å². The van der Waals surface area contributed by atoms with Crippen molar-refractivity contribution in [2.45, 2.75) is 51.6 Å². The van der Waals surface area contributed by atoms with Crippen LogP contribution in [0.5, 0.6) is 0 Å². The minimum atomic E-state index is -0.753. The maximum atomic E-state index is 11.5. The molecule has 0 aromatic carbocycles. The van der Waals surface area contributed by atoms with Gasteiger partial charge in [0.1, 0.15) is 0 Å². The number of hydrogen-bond donors (Lipinski definition) is 2. The number of methoxy groups -OCH3 is 1. The molecule has 3 N–H and O–H groups in total. The summed E-state index contributed by atoms with van der Waals surface area (Å²) >= 11 is 0. The molecule has 0 saturated heterocycles. The Kier molecular flexibility index (Phi) is 4.55. The number of rotatable bonds is 8. The molecule has 1 rings (SSSR count). The molecular weight excluding hydrogens is 218 g/mol. The molecule has 4 nitrogen and oxygen atoms in total. The van der Waals surface area contributed by atoms with Crippen molar-refractivity contribution in [3.05, 3.63) is 0 Å². The van der Waals surface area contributed by atoms with Crippen LogP contribution in [0.2, 0.25) is 0 Å². The molecule has 1 aliphatic rings. The van der Waals surface area contributed by atoms with Crippen LogP contribution in [0.3, 0.4) is 0 Å². The Hall–Kier alpha value is -0.610. The van der Waals surface area contributed by atoms with Gasteiger partial charge in [-0.05, 0) is 39.0 Å². The highest BCUT2D eigenvalue weighted by Gasteiger charge is 2.42. The van der Waals surface area contributed by atoms with Gasteiger partial charge in [-0.1, -0.05) is 12.8 Å². The fourth-order valence-corrected chi connectivity index (χ4v) is 2.09. The summed E-state index contributed by atoms with van der Waals surface area (Å²) in [6, 6.07) is 0. The SMILES string of the molecule is COC(C)(C)CCC(CN)(CC1CC1)C(=O)O. The first-order valence-electron chi connectivity index (χ1n) is 6.34. The van der Waals surface area contributed by atoms with E-state index in [1.807, 2.05) is 13.8 Å². The average Bonchev–Trinajstić information content (AvgIpc) is 3.07. The lowest BCUT2D eigenvalue weighted by Crippen LogP contribution is -2.41. The maximum Gasteiger partial charge on any atom is 0.310 e. The summed E-state index contributed by atoms with van der Waals surface area (Å²) in [6.45, 7) is 4.18. The summed E-state index contributed by atoms with van der Waals surface area (Å²) < 4.78 is 5.34. The Bertz CT molecular complexity index is 274. The van der Waals surface area contributed by atoms with Gasteiger partial charge in [0.2, 0.25) is 0 Å². The normalized spacial score (nSPS) is 20.0. The van der Waals surface area contributed by atoms with Crippen LogP contribution in [-0.4, -0.2) is 30.3 Å². The third-order valence-electron chi connectivity index (χ3n) is 3.98. The number of ether oxygens (including phenoxy) is 1. The van der Waals surface area contributed by atoms with Crippen LogP contribution in [0, 0.1) is 11.3 Å². The Balaban J connectivity index is 2.64. The van der Waals surface area contributed by atoms with Crippen molar-refractivity contribution >= 4 is 5.97 Å². The second-order valence-electron chi connectivity index (χ2n) is 5.90. The zero-order valence-corrected chi connectivity index (χ0v) is 11.2. The Morgan fingerprint density at radius 1 is 1.41 bits per heavy atom. The molecule has 0 aliphatic heterocycles. The molecule has 0 heterocycles. The van der Waals surface area contributed by atoms with E-state index in [-0.39, 0.29) is 12.1 Å². The number of carbonyl (C=O) groups is 1. The van der Waals surface area contributed by atoms with Crippen molar-refractivity contribution in [1.29, 1.82) is 0 Å². The predicted molar refractivity (Wildman–Crippen MR) is 66.8 cm³/mol. The standard InChI is InChI=1S/C13H25NO3/c1-12(2,17-3)6-7-13(9-14,11(15)16)8-10-4-5-10/h10H,4-9,14H2,1-3H3,(H,15,16). The van der Waals surface area contributed by atoms with Crippen molar-refractivity contribution in [3.8, 4) is 0 Å². The zero-order chi connectivity index (χ0) is 13.1. The van der Waals surface area contributed by atoms with E-state index in [1.165, 1.54) is 0 Å². The lowest BCUT2D eigenvalue weighted by Gasteiger charge is -2.32. The molecule has 0 aromatic rings. The minimum Gasteiger partial charge on any atom is -0.481 e. The van der Waals surface area contributed by atoms with Crippen LogP contribution in [0.4, 0.5) is 0 Å². The smallest absolute Gasteiger partial charge is 0.310 e. The molecule has 0 bridgehead atoms. The van der Waals surface area contributed by atoms with Crippen LogP contribution < -0.4 is 5.73 Å². The highest BCUT2D eigenvalue weighted by Crippen LogP contribution is 2.43. The molecule has 1 unspecified atom stereocenters. The second kappa shape index (κ2) is 5.36. The molecule has 0 aromatic heterocycles. The summed E-state index contributed by atoms with van der Waals surface area (Å²) in [5.74, 6) is -0.181. The Labute approximate surface area is 104 Å². The third-order valence-corrected chi connectivity index (χ3v) is 3.98. The van der Waals surface area contributed by atoms with Gasteiger partial charge < -0.3 is 15.6 Å². The first-order chi connectivity index (χ1) is 7.85. The van der Waals surface area contributed by atoms with E-state index >= 15 is 0 Å². The first-order valence-corrected chi connectivity index (χ1v) is 6.34. The Morgan fingerprint density at radius 3 is 2.35 bits per heavy atom. The topological polar surface area (TPSA) is 72.5 Å². The summed E-state index contributed by atoms with van der Waals surface area (Å²) in [5.41, 5.74) is 4.70. The highest BCUT2D eigenvalue weighted by molar-refractivity contribution is 5.75. The van der Waals surface area contributed by atoms with Crippen LogP contribution in [0.1, 0.15) is 46.0 Å². The number of carboxylic acids is 1. The fourth-order valence-electron chi connectivity index (χ4n) is 2.09. The number of aliphatic carboxylic acids is 1. The molecular formula is C13H25NO3. The van der Waals surface area contributed by atoms with Gasteiger partial charge in [-0.15, -0.1) is 0 Å². The minimum absolute atomic E-state index is 0.221. The predicted octanol–water partition coefficient (Wildman–Crippen LogP) is 2.02. The van der Waals surface area contributed by atoms with Gasteiger partial charge in [0.15, 0.2) is 0 Å². The van der Waals surface area contributed by atoms with E-state index in [1.54, 1.807) is 7.11 Å². The third kappa shape index (κ3) is 3.96. The number of hydrogen-bond acceptors (Lipinski definition) is 3. The summed E-state index contributed by atoms with van der Waals surface area (Å²) in [4.78, 5) is 11.5. The largest absolute Gasteiger partial charge is 0.481 e. The summed E-state index contributed by atoms with van der Waals surface area (Å²) in [6.07, 6.45) is 4.35. The molecule has 17 heavy (non-hydrogen) atoms. The van der Waals surface area contributed by atoms with Gasteiger partial charge in [-0.2, -0.15) is 0 Å². The van der Waals surface area contributed by atoms with E-state index in [0.717, 1.165) is 25.7 Å². The van der Waals surface area contributed by atoms with E-state index < -0.39 is 11.4 Å². The number of nitrogens with two attached hydrogens (primary N) is 1. The molecule has 1 aliphatic carbocycles. The first kappa shape index (κ1) is 14.5. The molecule has 1 fully saturated rings. The van der Waals surface area contributed by atoms with Crippen molar-refractivity contribution < 1.29 is 14.6 Å². The van der Waals surface area contributed by atoms with E-state index in [4.69, 9.17) is 10.5 Å². The van der Waals surface area contributed by atoms with Crippen molar-refractivity contribution in [3.63, 3.8) is 0 Å². The van der Waals surface area contributed by atoms with Gasteiger partial charge in [0.05, 0.1) is 11.0 Å². The molecule has 0 radical (unpaired) electrons. The van der Waals surface area contributed by atoms with Crippen LogP contribution in [0.15, 0.2) is 0 Å². The Morgan fingerprint density at radius 2 is 2.00 bits per heavy atom. The van der Waals surface area contributed by atoms with Crippen LogP contribution >= 0.6 is 0 Å². The lowest BCUT2D eigenvalue weighted by atomic mass is 9.76. The van der Waals surface area contributed by atoms with Crippen LogP contribution in [0.25, 0.3) is 0 Å². The molecule has 0 spiro atoms. The number of carboxylic acid groups (broad SMARTS) is 1. The highest BCUT2D eigenvalue weighted by atomic mass is 16.5. The lowest BCUT2D eigenvalue weighted by molar-refractivity contribution is -0.150. The molecule has 1 atom stereocenters. The van der Waals surface area contributed by atoms with Gasteiger partial charge in [-0.3, -0.25) is 4.79 Å².